The molecule has 0 saturated carbocycles. The van der Waals surface area contributed by atoms with Crippen molar-refractivity contribution < 1.29 is 32.0 Å². The van der Waals surface area contributed by atoms with Crippen LogP contribution in [-0.4, -0.2) is 56.1 Å². The highest BCUT2D eigenvalue weighted by atomic mass is 32.2. The van der Waals surface area contributed by atoms with Crippen LogP contribution in [0.5, 0.6) is 0 Å². The summed E-state index contributed by atoms with van der Waals surface area (Å²) in [5.41, 5.74) is 0.0213. The summed E-state index contributed by atoms with van der Waals surface area (Å²) < 4.78 is 42.5. The topological polar surface area (TPSA) is 116 Å². The molecule has 1 fully saturated rings. The largest absolute Gasteiger partial charge is 0.466 e. The molecule has 0 aliphatic carbocycles. The number of ether oxygens (including phenoxy) is 2. The van der Waals surface area contributed by atoms with Crippen LogP contribution in [0.4, 0.5) is 0 Å². The smallest absolute Gasteiger partial charge is 0.360 e. The van der Waals surface area contributed by atoms with Crippen LogP contribution >= 0.6 is 11.3 Å². The van der Waals surface area contributed by atoms with Gasteiger partial charge >= 0.3 is 11.9 Å². The standard InChI is InChI=1S/C18H22N2O7S2/c1-3-25-17(21)12-6-5-9-20(11-12)29(23,24)16-8-7-15(28-16)14-10-13(19-27-14)18(22)26-4-2/h7-8,10,12H,3-6,9,11H2,1-2H3. The zero-order valence-corrected chi connectivity index (χ0v) is 17.8. The van der Waals surface area contributed by atoms with E-state index in [0.717, 1.165) is 11.3 Å². The highest BCUT2D eigenvalue weighted by Crippen LogP contribution is 2.34. The van der Waals surface area contributed by atoms with Crippen molar-refractivity contribution in [3.63, 3.8) is 0 Å². The first kappa shape index (κ1) is 21.5. The molecule has 0 aromatic carbocycles. The van der Waals surface area contributed by atoms with Crippen molar-refractivity contribution in [1.29, 1.82) is 0 Å². The van der Waals surface area contributed by atoms with Gasteiger partial charge < -0.3 is 14.0 Å². The van der Waals surface area contributed by atoms with Crippen LogP contribution in [0.3, 0.4) is 0 Å². The molecular weight excluding hydrogens is 420 g/mol. The molecule has 0 N–H and O–H groups in total. The lowest BCUT2D eigenvalue weighted by atomic mass is 10.0. The van der Waals surface area contributed by atoms with E-state index in [1.54, 1.807) is 19.9 Å². The summed E-state index contributed by atoms with van der Waals surface area (Å²) in [4.78, 5) is 24.2. The van der Waals surface area contributed by atoms with Gasteiger partial charge in [0.05, 0.1) is 24.0 Å². The fourth-order valence-electron chi connectivity index (χ4n) is 3.02. The van der Waals surface area contributed by atoms with Gasteiger partial charge in [-0.3, -0.25) is 4.79 Å². The Kier molecular flexibility index (Phi) is 6.70. The normalized spacial score (nSPS) is 17.8. The number of carbonyl (C=O) groups excluding carboxylic acids is 2. The average Bonchev–Trinajstić information content (AvgIpc) is 3.38. The number of rotatable bonds is 7. The Labute approximate surface area is 172 Å². The molecule has 0 bridgehead atoms. The Morgan fingerprint density at radius 1 is 1.28 bits per heavy atom. The maximum Gasteiger partial charge on any atom is 0.360 e. The Balaban J connectivity index is 1.77. The molecule has 2 aromatic heterocycles. The predicted octanol–water partition coefficient (Wildman–Crippen LogP) is 2.54. The second-order valence-electron chi connectivity index (χ2n) is 6.37. The van der Waals surface area contributed by atoms with Crippen LogP contribution in [0.1, 0.15) is 37.2 Å². The SMILES string of the molecule is CCOC(=O)c1cc(-c2ccc(S(=O)(=O)N3CCCC(C(=O)OCC)C3)s2)on1. The van der Waals surface area contributed by atoms with Crippen LogP contribution < -0.4 is 0 Å². The van der Waals surface area contributed by atoms with Gasteiger partial charge in [0.2, 0.25) is 0 Å². The van der Waals surface area contributed by atoms with Crippen molar-refractivity contribution in [2.75, 3.05) is 26.3 Å². The fourth-order valence-corrected chi connectivity index (χ4v) is 5.96. The van der Waals surface area contributed by atoms with E-state index in [1.807, 2.05) is 0 Å². The number of hydrogen-bond donors (Lipinski definition) is 0. The summed E-state index contributed by atoms with van der Waals surface area (Å²) in [6.45, 7) is 4.33. The van der Waals surface area contributed by atoms with Crippen LogP contribution in [0, 0.1) is 5.92 Å². The van der Waals surface area contributed by atoms with Crippen molar-refractivity contribution in [2.24, 2.45) is 5.92 Å². The first-order valence-corrected chi connectivity index (χ1v) is 11.5. The summed E-state index contributed by atoms with van der Waals surface area (Å²) in [5.74, 6) is -1.15. The molecule has 0 radical (unpaired) electrons. The molecule has 3 heterocycles. The number of hydrogen-bond acceptors (Lipinski definition) is 9. The molecule has 9 nitrogen and oxygen atoms in total. The number of piperidine rings is 1. The molecule has 1 aliphatic rings. The van der Waals surface area contributed by atoms with E-state index >= 15 is 0 Å². The Hall–Kier alpha value is -2.24. The summed E-state index contributed by atoms with van der Waals surface area (Å²) >= 11 is 1.01. The van der Waals surface area contributed by atoms with E-state index in [9.17, 15) is 18.0 Å². The average molecular weight is 443 g/mol. The van der Waals surface area contributed by atoms with Crippen LogP contribution in [0.25, 0.3) is 10.6 Å². The van der Waals surface area contributed by atoms with Gasteiger partial charge in [0.15, 0.2) is 11.5 Å². The Morgan fingerprint density at radius 3 is 2.76 bits per heavy atom. The first-order chi connectivity index (χ1) is 13.9. The fraction of sp³-hybridized carbons (Fsp3) is 0.500. The maximum atomic E-state index is 13.0. The highest BCUT2D eigenvalue weighted by molar-refractivity contribution is 7.91. The number of sulfonamides is 1. The van der Waals surface area contributed by atoms with Crippen molar-refractivity contribution in [2.45, 2.75) is 30.9 Å². The molecule has 1 saturated heterocycles. The summed E-state index contributed by atoms with van der Waals surface area (Å²) in [6, 6.07) is 4.49. The van der Waals surface area contributed by atoms with Gasteiger partial charge in [0, 0.05) is 19.2 Å². The van der Waals surface area contributed by atoms with E-state index in [-0.39, 0.29) is 41.4 Å². The highest BCUT2D eigenvalue weighted by Gasteiger charge is 2.35. The van der Waals surface area contributed by atoms with E-state index < -0.39 is 21.9 Å². The lowest BCUT2D eigenvalue weighted by molar-refractivity contribution is -0.149. The second-order valence-corrected chi connectivity index (χ2v) is 9.62. The summed E-state index contributed by atoms with van der Waals surface area (Å²) in [5, 5.41) is 3.67. The molecule has 3 rings (SSSR count). The van der Waals surface area contributed by atoms with Gasteiger partial charge in [-0.05, 0) is 38.8 Å². The third kappa shape index (κ3) is 4.68. The number of carbonyl (C=O) groups is 2. The van der Waals surface area contributed by atoms with Gasteiger partial charge in [0.25, 0.3) is 10.0 Å². The predicted molar refractivity (Wildman–Crippen MR) is 104 cm³/mol. The second kappa shape index (κ2) is 9.06. The molecule has 11 heteroatoms. The third-order valence-corrected chi connectivity index (χ3v) is 7.85. The van der Waals surface area contributed by atoms with Crippen molar-refractivity contribution >= 4 is 33.3 Å². The molecule has 1 aliphatic heterocycles. The van der Waals surface area contributed by atoms with E-state index in [2.05, 4.69) is 5.16 Å². The number of aromatic nitrogens is 1. The van der Waals surface area contributed by atoms with Crippen molar-refractivity contribution in [1.82, 2.24) is 9.46 Å². The van der Waals surface area contributed by atoms with Gasteiger partial charge in [-0.25, -0.2) is 13.2 Å². The van der Waals surface area contributed by atoms with Gasteiger partial charge in [-0.15, -0.1) is 11.3 Å². The molecule has 158 valence electrons. The molecule has 0 amide bonds. The summed E-state index contributed by atoms with van der Waals surface area (Å²) in [7, 11) is -3.76. The molecular formula is C18H22N2O7S2. The molecule has 0 spiro atoms. The van der Waals surface area contributed by atoms with Crippen molar-refractivity contribution in [3.05, 3.63) is 23.9 Å². The number of thiophene rings is 1. The Morgan fingerprint density at radius 2 is 2.03 bits per heavy atom. The zero-order valence-electron chi connectivity index (χ0n) is 16.1. The minimum atomic E-state index is -3.76. The minimum Gasteiger partial charge on any atom is -0.466 e. The first-order valence-electron chi connectivity index (χ1n) is 9.27. The molecule has 1 unspecified atom stereocenters. The number of esters is 2. The van der Waals surface area contributed by atoms with Crippen LogP contribution in [-0.2, 0) is 24.3 Å². The lowest BCUT2D eigenvalue weighted by Gasteiger charge is -2.30. The van der Waals surface area contributed by atoms with Gasteiger partial charge in [-0.2, -0.15) is 4.31 Å². The van der Waals surface area contributed by atoms with Gasteiger partial charge in [-0.1, -0.05) is 5.16 Å². The summed E-state index contributed by atoms with van der Waals surface area (Å²) in [6.07, 6.45) is 1.20. The molecule has 29 heavy (non-hydrogen) atoms. The van der Waals surface area contributed by atoms with Crippen LogP contribution in [0.15, 0.2) is 26.9 Å². The van der Waals surface area contributed by atoms with E-state index in [4.69, 9.17) is 14.0 Å². The quantitative estimate of drug-likeness (QED) is 0.601. The molecule has 2 aromatic rings. The zero-order chi connectivity index (χ0) is 21.0. The molecule has 1 atom stereocenters. The lowest BCUT2D eigenvalue weighted by Crippen LogP contribution is -2.42. The minimum absolute atomic E-state index is 0.0213. The van der Waals surface area contributed by atoms with Crippen LogP contribution in [0.2, 0.25) is 0 Å². The van der Waals surface area contributed by atoms with Crippen molar-refractivity contribution in [3.8, 4) is 10.6 Å². The van der Waals surface area contributed by atoms with Gasteiger partial charge in [0.1, 0.15) is 4.21 Å². The Bertz CT molecular complexity index is 980. The third-order valence-electron chi connectivity index (χ3n) is 4.42. The van der Waals surface area contributed by atoms with E-state index in [0.29, 0.717) is 24.3 Å². The number of nitrogens with zero attached hydrogens (tertiary/aromatic N) is 2. The maximum absolute atomic E-state index is 13.0. The monoisotopic (exact) mass is 442 g/mol. The van der Waals surface area contributed by atoms with E-state index in [1.165, 1.54) is 16.4 Å².